The third kappa shape index (κ3) is 5.09. The lowest BCUT2D eigenvalue weighted by Crippen LogP contribution is -2.17. The zero-order valence-corrected chi connectivity index (χ0v) is 19.3. The zero-order valence-electron chi connectivity index (χ0n) is 19.3. The standard InChI is InChI=1S/C29H41F/c1-3-5-21-6-8-22(9-7-21)10-11-23-12-14-25(15-13-23)26-18-19-28-27(20-26)17-16-24(4-2)29(28)30/h16-23,25H,3-15H2,1-2H3. The zero-order chi connectivity index (χ0) is 20.9. The van der Waals surface area contributed by atoms with Crippen molar-refractivity contribution in [1.29, 1.82) is 0 Å². The summed E-state index contributed by atoms with van der Waals surface area (Å²) in [5.74, 6) is 3.64. The Kier molecular flexibility index (Phi) is 7.50. The summed E-state index contributed by atoms with van der Waals surface area (Å²) in [5.41, 5.74) is 2.26. The van der Waals surface area contributed by atoms with Crippen LogP contribution in [0.5, 0.6) is 0 Å². The van der Waals surface area contributed by atoms with E-state index >= 15 is 0 Å². The Morgan fingerprint density at radius 3 is 1.93 bits per heavy atom. The van der Waals surface area contributed by atoms with Gasteiger partial charge in [-0.15, -0.1) is 0 Å². The summed E-state index contributed by atoms with van der Waals surface area (Å²) in [6.07, 6.45) is 17.9. The maximum absolute atomic E-state index is 14.6. The summed E-state index contributed by atoms with van der Waals surface area (Å²) in [4.78, 5) is 0. The first-order chi connectivity index (χ1) is 14.7. The molecule has 0 N–H and O–H groups in total. The highest BCUT2D eigenvalue weighted by Gasteiger charge is 2.25. The lowest BCUT2D eigenvalue weighted by atomic mass is 9.74. The molecule has 2 aliphatic carbocycles. The van der Waals surface area contributed by atoms with E-state index in [0.717, 1.165) is 40.5 Å². The molecule has 2 aromatic rings. The van der Waals surface area contributed by atoms with Gasteiger partial charge in [-0.05, 0) is 72.3 Å². The quantitative estimate of drug-likeness (QED) is 0.428. The molecule has 164 valence electrons. The molecule has 0 atom stereocenters. The lowest BCUT2D eigenvalue weighted by molar-refractivity contribution is 0.224. The number of halogens is 1. The number of rotatable bonds is 7. The number of hydrogen-bond donors (Lipinski definition) is 0. The molecule has 0 heterocycles. The third-order valence-electron chi connectivity index (χ3n) is 8.40. The van der Waals surface area contributed by atoms with Gasteiger partial charge in [0.15, 0.2) is 0 Å². The molecule has 0 aliphatic heterocycles. The average Bonchev–Trinajstić information content (AvgIpc) is 2.79. The van der Waals surface area contributed by atoms with E-state index in [2.05, 4.69) is 25.1 Å². The average molecular weight is 409 g/mol. The van der Waals surface area contributed by atoms with Crippen LogP contribution in [0.1, 0.15) is 108 Å². The van der Waals surface area contributed by atoms with Crippen LogP contribution in [0.15, 0.2) is 30.3 Å². The first-order valence-electron chi connectivity index (χ1n) is 12.9. The molecule has 0 radical (unpaired) electrons. The van der Waals surface area contributed by atoms with Crippen molar-refractivity contribution in [3.05, 3.63) is 47.3 Å². The fourth-order valence-electron chi connectivity index (χ4n) is 6.36. The molecule has 0 bridgehead atoms. The first kappa shape index (κ1) is 21.8. The molecule has 0 spiro atoms. The molecule has 1 heteroatoms. The van der Waals surface area contributed by atoms with Gasteiger partial charge in [-0.2, -0.15) is 0 Å². The largest absolute Gasteiger partial charge is 0.206 e. The van der Waals surface area contributed by atoms with Crippen molar-refractivity contribution in [1.82, 2.24) is 0 Å². The van der Waals surface area contributed by atoms with Gasteiger partial charge in [0, 0.05) is 5.39 Å². The van der Waals surface area contributed by atoms with Crippen LogP contribution in [-0.2, 0) is 6.42 Å². The SMILES string of the molecule is CCCC1CCC(CCC2CCC(c3ccc4c(F)c(CC)ccc4c3)CC2)CC1. The number of fused-ring (bicyclic) bond motifs is 1. The van der Waals surface area contributed by atoms with Gasteiger partial charge < -0.3 is 0 Å². The Balaban J connectivity index is 1.26. The monoisotopic (exact) mass is 408 g/mol. The molecule has 0 unspecified atom stereocenters. The Labute approximate surface area is 183 Å². The van der Waals surface area contributed by atoms with Crippen molar-refractivity contribution in [3.8, 4) is 0 Å². The van der Waals surface area contributed by atoms with Gasteiger partial charge in [0.2, 0.25) is 0 Å². The van der Waals surface area contributed by atoms with Crippen LogP contribution >= 0.6 is 0 Å². The summed E-state index contributed by atoms with van der Waals surface area (Å²) in [6.45, 7) is 4.36. The molecule has 0 nitrogen and oxygen atoms in total. The van der Waals surface area contributed by atoms with Gasteiger partial charge in [-0.25, -0.2) is 4.39 Å². The van der Waals surface area contributed by atoms with Gasteiger partial charge in [0.1, 0.15) is 5.82 Å². The molecule has 0 amide bonds. The molecule has 2 aliphatic rings. The van der Waals surface area contributed by atoms with E-state index in [1.54, 1.807) is 0 Å². The van der Waals surface area contributed by atoms with Crippen molar-refractivity contribution < 1.29 is 4.39 Å². The Morgan fingerprint density at radius 2 is 1.33 bits per heavy atom. The number of benzene rings is 2. The molecule has 0 saturated heterocycles. The smallest absolute Gasteiger partial charge is 0.134 e. The topological polar surface area (TPSA) is 0 Å². The highest BCUT2D eigenvalue weighted by Crippen LogP contribution is 2.41. The first-order valence-corrected chi connectivity index (χ1v) is 12.9. The highest BCUT2D eigenvalue weighted by molar-refractivity contribution is 5.84. The van der Waals surface area contributed by atoms with Crippen LogP contribution in [0.2, 0.25) is 0 Å². The van der Waals surface area contributed by atoms with E-state index < -0.39 is 0 Å². The van der Waals surface area contributed by atoms with Crippen LogP contribution in [0, 0.1) is 23.6 Å². The van der Waals surface area contributed by atoms with E-state index in [0.29, 0.717) is 5.92 Å². The fraction of sp³-hybridized carbons (Fsp3) is 0.655. The van der Waals surface area contributed by atoms with E-state index in [1.165, 1.54) is 82.6 Å². The predicted molar refractivity (Wildman–Crippen MR) is 128 cm³/mol. The highest BCUT2D eigenvalue weighted by atomic mass is 19.1. The minimum Gasteiger partial charge on any atom is -0.206 e. The summed E-state index contributed by atoms with van der Waals surface area (Å²) >= 11 is 0. The van der Waals surface area contributed by atoms with Crippen molar-refractivity contribution >= 4 is 10.8 Å². The van der Waals surface area contributed by atoms with Gasteiger partial charge in [0.25, 0.3) is 0 Å². The van der Waals surface area contributed by atoms with Crippen LogP contribution in [0.3, 0.4) is 0 Å². The molecule has 0 aromatic heterocycles. The van der Waals surface area contributed by atoms with Crippen molar-refractivity contribution in [2.75, 3.05) is 0 Å². The van der Waals surface area contributed by atoms with Crippen LogP contribution in [0.25, 0.3) is 10.8 Å². The Morgan fingerprint density at radius 1 is 0.733 bits per heavy atom. The maximum Gasteiger partial charge on any atom is 0.134 e. The Hall–Kier alpha value is -1.37. The third-order valence-corrected chi connectivity index (χ3v) is 8.40. The number of aryl methyl sites for hydroxylation is 1. The molecule has 30 heavy (non-hydrogen) atoms. The predicted octanol–water partition coefficient (Wildman–Crippen LogP) is 9.20. The summed E-state index contributed by atoms with van der Waals surface area (Å²) in [5, 5.41) is 1.86. The molecule has 2 fully saturated rings. The Bertz CT molecular complexity index is 806. The number of hydrogen-bond acceptors (Lipinski definition) is 0. The molecular formula is C29H41F. The normalized spacial score (nSPS) is 27.4. The van der Waals surface area contributed by atoms with Crippen molar-refractivity contribution in [2.45, 2.75) is 103 Å². The second-order valence-corrected chi connectivity index (χ2v) is 10.3. The van der Waals surface area contributed by atoms with E-state index in [9.17, 15) is 4.39 Å². The van der Waals surface area contributed by atoms with Crippen LogP contribution in [-0.4, -0.2) is 0 Å². The molecule has 4 rings (SSSR count). The van der Waals surface area contributed by atoms with E-state index in [1.807, 2.05) is 19.1 Å². The lowest BCUT2D eigenvalue weighted by Gasteiger charge is -2.32. The van der Waals surface area contributed by atoms with Crippen LogP contribution in [0.4, 0.5) is 4.39 Å². The van der Waals surface area contributed by atoms with Gasteiger partial charge >= 0.3 is 0 Å². The van der Waals surface area contributed by atoms with Crippen molar-refractivity contribution in [2.24, 2.45) is 17.8 Å². The summed E-state index contributed by atoms with van der Waals surface area (Å²) in [7, 11) is 0. The van der Waals surface area contributed by atoms with Gasteiger partial charge in [-0.3, -0.25) is 0 Å². The van der Waals surface area contributed by atoms with Crippen LogP contribution < -0.4 is 0 Å². The summed E-state index contributed by atoms with van der Waals surface area (Å²) in [6, 6.07) is 10.6. The molecular weight excluding hydrogens is 367 g/mol. The second-order valence-electron chi connectivity index (χ2n) is 10.3. The van der Waals surface area contributed by atoms with Gasteiger partial charge in [0.05, 0.1) is 0 Å². The molecule has 2 saturated carbocycles. The summed E-state index contributed by atoms with van der Waals surface area (Å²) < 4.78 is 14.6. The fourth-order valence-corrected chi connectivity index (χ4v) is 6.36. The maximum atomic E-state index is 14.6. The minimum absolute atomic E-state index is 0.0195. The van der Waals surface area contributed by atoms with E-state index in [4.69, 9.17) is 0 Å². The van der Waals surface area contributed by atoms with Gasteiger partial charge in [-0.1, -0.05) is 95.5 Å². The van der Waals surface area contributed by atoms with E-state index in [-0.39, 0.29) is 5.82 Å². The second kappa shape index (κ2) is 10.3. The van der Waals surface area contributed by atoms with Crippen molar-refractivity contribution in [3.63, 3.8) is 0 Å². The molecule has 2 aromatic carbocycles. The minimum atomic E-state index is -0.0195.